The van der Waals surface area contributed by atoms with Crippen LogP contribution in [0, 0.1) is 11.8 Å². The molecule has 1 aromatic carbocycles. The smallest absolute Gasteiger partial charge is 0.308 e. The summed E-state index contributed by atoms with van der Waals surface area (Å²) in [5.41, 5.74) is 0.811. The molecule has 0 saturated heterocycles. The number of hydrogen-bond acceptors (Lipinski definition) is 2. The zero-order valence-electron chi connectivity index (χ0n) is 11.7. The molecular weight excluding hydrogens is 278 g/mol. The van der Waals surface area contributed by atoms with Crippen LogP contribution >= 0.6 is 11.6 Å². The van der Waals surface area contributed by atoms with Crippen LogP contribution in [0.4, 0.5) is 0 Å². The van der Waals surface area contributed by atoms with Crippen molar-refractivity contribution in [3.8, 4) is 0 Å². The van der Waals surface area contributed by atoms with Crippen molar-refractivity contribution in [2.75, 3.05) is 6.54 Å². The number of rotatable bonds is 7. The number of aliphatic carboxylic acids is 1. The molecule has 0 heterocycles. The lowest BCUT2D eigenvalue weighted by Crippen LogP contribution is -2.34. The maximum Gasteiger partial charge on any atom is 0.308 e. The average Bonchev–Trinajstić information content (AvgIpc) is 2.33. The molecule has 0 spiro atoms. The first-order valence-corrected chi connectivity index (χ1v) is 7.00. The first kappa shape index (κ1) is 16.5. The van der Waals surface area contributed by atoms with Crippen molar-refractivity contribution in [1.82, 2.24) is 5.32 Å². The van der Waals surface area contributed by atoms with E-state index in [9.17, 15) is 9.59 Å². The molecule has 1 unspecified atom stereocenters. The van der Waals surface area contributed by atoms with Gasteiger partial charge in [0.15, 0.2) is 0 Å². The van der Waals surface area contributed by atoms with Gasteiger partial charge < -0.3 is 10.4 Å². The molecule has 0 aliphatic carbocycles. The highest BCUT2D eigenvalue weighted by molar-refractivity contribution is 6.30. The first-order valence-electron chi connectivity index (χ1n) is 6.62. The number of halogens is 1. The molecule has 2 N–H and O–H groups in total. The van der Waals surface area contributed by atoms with E-state index in [0.29, 0.717) is 11.4 Å². The van der Waals surface area contributed by atoms with Crippen molar-refractivity contribution in [2.24, 2.45) is 11.8 Å². The molecule has 0 aromatic heterocycles. The third-order valence-corrected chi connectivity index (χ3v) is 3.14. The third kappa shape index (κ3) is 6.06. The van der Waals surface area contributed by atoms with Crippen LogP contribution in [-0.4, -0.2) is 23.5 Å². The number of benzene rings is 1. The topological polar surface area (TPSA) is 66.4 Å². The second kappa shape index (κ2) is 7.90. The van der Waals surface area contributed by atoms with E-state index in [0.717, 1.165) is 5.56 Å². The summed E-state index contributed by atoms with van der Waals surface area (Å²) in [6.45, 7) is 4.08. The van der Waals surface area contributed by atoms with Crippen LogP contribution in [0.2, 0.25) is 5.02 Å². The van der Waals surface area contributed by atoms with Crippen molar-refractivity contribution >= 4 is 23.5 Å². The van der Waals surface area contributed by atoms with E-state index >= 15 is 0 Å². The maximum absolute atomic E-state index is 11.8. The molecule has 5 heteroatoms. The van der Waals surface area contributed by atoms with Crippen LogP contribution in [0.5, 0.6) is 0 Å². The zero-order valence-corrected chi connectivity index (χ0v) is 12.5. The number of carbonyl (C=O) groups is 2. The Hall–Kier alpha value is -1.55. The molecule has 110 valence electrons. The molecule has 0 saturated carbocycles. The molecule has 0 aliphatic rings. The molecule has 1 rings (SSSR count). The minimum absolute atomic E-state index is 0.160. The van der Waals surface area contributed by atoms with Crippen molar-refractivity contribution < 1.29 is 14.7 Å². The highest BCUT2D eigenvalue weighted by Crippen LogP contribution is 2.12. The van der Waals surface area contributed by atoms with Crippen molar-refractivity contribution in [1.29, 1.82) is 0 Å². The van der Waals surface area contributed by atoms with Gasteiger partial charge in [0.1, 0.15) is 0 Å². The average molecular weight is 298 g/mol. The molecular formula is C15H20ClNO3. The van der Waals surface area contributed by atoms with Gasteiger partial charge in [0.25, 0.3) is 0 Å². The van der Waals surface area contributed by atoms with Crippen LogP contribution < -0.4 is 5.32 Å². The Morgan fingerprint density at radius 3 is 2.60 bits per heavy atom. The van der Waals surface area contributed by atoms with Gasteiger partial charge in [-0.1, -0.05) is 37.6 Å². The van der Waals surface area contributed by atoms with Gasteiger partial charge in [-0.15, -0.1) is 0 Å². The fraction of sp³-hybridized carbons (Fsp3) is 0.467. The zero-order chi connectivity index (χ0) is 15.1. The summed E-state index contributed by atoms with van der Waals surface area (Å²) in [5, 5.41) is 12.3. The summed E-state index contributed by atoms with van der Waals surface area (Å²) >= 11 is 5.85. The lowest BCUT2D eigenvalue weighted by Gasteiger charge is -2.15. The van der Waals surface area contributed by atoms with E-state index in [2.05, 4.69) is 5.32 Å². The highest BCUT2D eigenvalue weighted by Gasteiger charge is 2.19. The molecule has 0 fully saturated rings. The second-order valence-electron chi connectivity index (χ2n) is 5.28. The Bertz CT molecular complexity index is 474. The van der Waals surface area contributed by atoms with Gasteiger partial charge in [0.05, 0.1) is 12.3 Å². The third-order valence-electron chi connectivity index (χ3n) is 2.90. The van der Waals surface area contributed by atoms with Crippen LogP contribution in [0.1, 0.15) is 25.8 Å². The summed E-state index contributed by atoms with van der Waals surface area (Å²) in [6, 6.07) is 7.06. The minimum Gasteiger partial charge on any atom is -0.481 e. The quantitative estimate of drug-likeness (QED) is 0.813. The predicted molar refractivity (Wildman–Crippen MR) is 78.7 cm³/mol. The summed E-state index contributed by atoms with van der Waals surface area (Å²) in [5.74, 6) is -1.33. The SMILES string of the molecule is CC(C)CC(CNC(=O)Cc1cccc(Cl)c1)C(=O)O. The van der Waals surface area contributed by atoms with Crippen LogP contribution in [0.15, 0.2) is 24.3 Å². The van der Waals surface area contributed by atoms with Gasteiger partial charge in [-0.25, -0.2) is 0 Å². The van der Waals surface area contributed by atoms with Crippen LogP contribution in [0.3, 0.4) is 0 Å². The lowest BCUT2D eigenvalue weighted by molar-refractivity contribution is -0.142. The highest BCUT2D eigenvalue weighted by atomic mass is 35.5. The molecule has 4 nitrogen and oxygen atoms in total. The number of carboxylic acid groups (broad SMARTS) is 1. The minimum atomic E-state index is -0.873. The fourth-order valence-electron chi connectivity index (χ4n) is 1.97. The van der Waals surface area contributed by atoms with E-state index < -0.39 is 11.9 Å². The molecule has 1 amide bonds. The number of nitrogens with one attached hydrogen (secondary N) is 1. The Morgan fingerprint density at radius 1 is 1.35 bits per heavy atom. The number of carboxylic acids is 1. The van der Waals surface area contributed by atoms with Gasteiger partial charge in [-0.3, -0.25) is 9.59 Å². The van der Waals surface area contributed by atoms with E-state index in [4.69, 9.17) is 16.7 Å². The van der Waals surface area contributed by atoms with Gasteiger partial charge >= 0.3 is 5.97 Å². The Morgan fingerprint density at radius 2 is 2.05 bits per heavy atom. The van der Waals surface area contributed by atoms with Crippen molar-refractivity contribution in [3.05, 3.63) is 34.9 Å². The van der Waals surface area contributed by atoms with E-state index in [1.54, 1.807) is 18.2 Å². The van der Waals surface area contributed by atoms with Crippen LogP contribution in [0.25, 0.3) is 0 Å². The summed E-state index contributed by atoms with van der Waals surface area (Å²) < 4.78 is 0. The fourth-order valence-corrected chi connectivity index (χ4v) is 2.19. The van der Waals surface area contributed by atoms with Crippen molar-refractivity contribution in [2.45, 2.75) is 26.7 Å². The predicted octanol–water partition coefficient (Wildman–Crippen LogP) is 2.75. The molecule has 0 radical (unpaired) electrons. The van der Waals surface area contributed by atoms with Gasteiger partial charge in [-0.2, -0.15) is 0 Å². The van der Waals surface area contributed by atoms with E-state index in [1.807, 2.05) is 19.9 Å². The van der Waals surface area contributed by atoms with Gasteiger partial charge in [0.2, 0.25) is 5.91 Å². The number of amides is 1. The van der Waals surface area contributed by atoms with Gasteiger partial charge in [0, 0.05) is 11.6 Å². The maximum atomic E-state index is 11.8. The standard InChI is InChI=1S/C15H20ClNO3/c1-10(2)6-12(15(19)20)9-17-14(18)8-11-4-3-5-13(16)7-11/h3-5,7,10,12H,6,8-9H2,1-2H3,(H,17,18)(H,19,20). The number of carbonyl (C=O) groups excluding carboxylic acids is 1. The number of hydrogen-bond donors (Lipinski definition) is 2. The normalized spacial score (nSPS) is 12.2. The summed E-state index contributed by atoms with van der Waals surface area (Å²) in [7, 11) is 0. The molecule has 1 aromatic rings. The molecule has 20 heavy (non-hydrogen) atoms. The molecule has 0 aliphatic heterocycles. The largest absolute Gasteiger partial charge is 0.481 e. The molecule has 1 atom stereocenters. The first-order chi connectivity index (χ1) is 9.38. The second-order valence-corrected chi connectivity index (χ2v) is 5.71. The lowest BCUT2D eigenvalue weighted by atomic mass is 9.97. The van der Waals surface area contributed by atoms with E-state index in [-0.39, 0.29) is 24.8 Å². The monoisotopic (exact) mass is 297 g/mol. The van der Waals surface area contributed by atoms with E-state index in [1.165, 1.54) is 0 Å². The van der Waals surface area contributed by atoms with Crippen LogP contribution in [-0.2, 0) is 16.0 Å². The van der Waals surface area contributed by atoms with Gasteiger partial charge in [-0.05, 0) is 30.0 Å². The Balaban J connectivity index is 2.47. The van der Waals surface area contributed by atoms with Crippen molar-refractivity contribution in [3.63, 3.8) is 0 Å². The molecule has 0 bridgehead atoms. The Labute approximate surface area is 124 Å². The summed E-state index contributed by atoms with van der Waals surface area (Å²) in [4.78, 5) is 22.9. The summed E-state index contributed by atoms with van der Waals surface area (Å²) in [6.07, 6.45) is 0.751. The Kier molecular flexibility index (Phi) is 6.52.